The van der Waals surface area contributed by atoms with Crippen molar-refractivity contribution in [2.24, 2.45) is 0 Å². The van der Waals surface area contributed by atoms with Gasteiger partial charge in [-0.2, -0.15) is 4.58 Å². The van der Waals surface area contributed by atoms with Crippen molar-refractivity contribution < 1.29 is 38.2 Å². The van der Waals surface area contributed by atoms with E-state index in [0.29, 0.717) is 67.9 Å². The molecule has 0 bridgehead atoms. The number of benzene rings is 2. The summed E-state index contributed by atoms with van der Waals surface area (Å²) in [6.45, 7) is 9.21. The molecule has 0 radical (unpaired) electrons. The Bertz CT molecular complexity index is 1530. The number of unbranched alkanes of at least 4 members (excludes halogenated alkanes) is 2. The summed E-state index contributed by atoms with van der Waals surface area (Å²) in [5, 5.41) is 11.3. The van der Waals surface area contributed by atoms with Gasteiger partial charge in [0.25, 0.3) is 0 Å². The molecule has 2 aliphatic rings. The number of carbonyl (C=O) groups is 1. The highest BCUT2D eigenvalue weighted by Gasteiger charge is 2.42. The van der Waals surface area contributed by atoms with E-state index in [2.05, 4.69) is 30.9 Å². The highest BCUT2D eigenvalue weighted by atomic mass is 16.5. The van der Waals surface area contributed by atoms with Gasteiger partial charge in [-0.1, -0.05) is 38.8 Å². The summed E-state index contributed by atoms with van der Waals surface area (Å²) >= 11 is 0. The number of Topliss-reactive ketones (excluding diaryl/α,β-unsaturated/α-hetero) is 1. The smallest absolute Gasteiger partial charge is 0.221 e. The van der Waals surface area contributed by atoms with Gasteiger partial charge in [0.05, 0.1) is 46.2 Å². The molecule has 0 amide bonds. The van der Waals surface area contributed by atoms with Crippen molar-refractivity contribution in [3.8, 4) is 11.5 Å². The summed E-state index contributed by atoms with van der Waals surface area (Å²) in [6.07, 6.45) is 12.3. The maximum absolute atomic E-state index is 13.7. The second-order valence-corrected chi connectivity index (χ2v) is 11.6. The van der Waals surface area contributed by atoms with E-state index in [4.69, 9.17) is 23.7 Å². The fraction of sp³-hybridized carbons (Fsp3) is 0.436. The highest BCUT2D eigenvalue weighted by molar-refractivity contribution is 6.39. The van der Waals surface area contributed by atoms with Gasteiger partial charge < -0.3 is 33.7 Å². The third-order valence-corrected chi connectivity index (χ3v) is 8.42. The number of ketones is 1. The van der Waals surface area contributed by atoms with E-state index in [0.717, 1.165) is 61.3 Å². The second-order valence-electron chi connectivity index (χ2n) is 11.6. The van der Waals surface area contributed by atoms with Gasteiger partial charge in [-0.05, 0) is 54.8 Å². The van der Waals surface area contributed by atoms with Crippen LogP contribution in [0.4, 0.5) is 5.69 Å². The molecule has 0 fully saturated rings. The van der Waals surface area contributed by atoms with Crippen LogP contribution in [0.25, 0.3) is 11.6 Å². The van der Waals surface area contributed by atoms with Gasteiger partial charge in [0.1, 0.15) is 29.4 Å². The van der Waals surface area contributed by atoms with Crippen molar-refractivity contribution in [3.63, 3.8) is 0 Å². The van der Waals surface area contributed by atoms with E-state index < -0.39 is 0 Å². The van der Waals surface area contributed by atoms with E-state index in [9.17, 15) is 9.90 Å². The summed E-state index contributed by atoms with van der Waals surface area (Å²) in [5.74, 6) is 1.26. The molecule has 0 spiro atoms. The van der Waals surface area contributed by atoms with Crippen molar-refractivity contribution in [1.82, 2.24) is 0 Å². The molecule has 0 unspecified atom stereocenters. The van der Waals surface area contributed by atoms with Gasteiger partial charge in [-0.3, -0.25) is 4.79 Å². The van der Waals surface area contributed by atoms with Crippen LogP contribution in [-0.2, 0) is 19.0 Å². The Labute approximate surface area is 285 Å². The number of nitrogens with zero attached hydrogens (tertiary/aromatic N) is 2. The average Bonchev–Trinajstić information content (AvgIpc) is 3.50. The van der Waals surface area contributed by atoms with Crippen molar-refractivity contribution in [2.75, 3.05) is 78.9 Å². The lowest BCUT2D eigenvalue weighted by Crippen LogP contribution is -2.28. The van der Waals surface area contributed by atoms with Crippen LogP contribution < -0.4 is 14.4 Å². The van der Waals surface area contributed by atoms with Gasteiger partial charge >= 0.3 is 0 Å². The first-order valence-corrected chi connectivity index (χ1v) is 16.9. The minimum Gasteiger partial charge on any atom is -0.506 e. The summed E-state index contributed by atoms with van der Waals surface area (Å²) in [6, 6.07) is 13.6. The number of ether oxygens (including phenoxy) is 5. The molecule has 1 heterocycles. The SMILES string of the molecule is CCCCN(CCCC)c1ccc(C2=C(O)C(=C3C=CC(/C=C/c4cc(OC)ccc4OC)=[N+]3CCOCCOCCOC)C2=O)cc1. The van der Waals surface area contributed by atoms with Crippen molar-refractivity contribution >= 4 is 28.8 Å². The molecule has 9 nitrogen and oxygen atoms in total. The number of carbonyl (C=O) groups excluding carboxylic acids is 1. The first kappa shape index (κ1) is 36.7. The number of methoxy groups -OCH3 is 3. The maximum atomic E-state index is 13.7. The Hall–Kier alpha value is -4.18. The number of aliphatic hydroxyl groups excluding tert-OH is 1. The van der Waals surface area contributed by atoms with Crippen LogP contribution in [0.3, 0.4) is 0 Å². The van der Waals surface area contributed by atoms with Crippen LogP contribution in [0, 0.1) is 0 Å². The molecule has 0 saturated carbocycles. The minimum atomic E-state index is -0.175. The number of hydrogen-bond acceptors (Lipinski definition) is 8. The van der Waals surface area contributed by atoms with Gasteiger partial charge in [0.15, 0.2) is 6.54 Å². The zero-order chi connectivity index (χ0) is 34.3. The third kappa shape index (κ3) is 9.24. The standard InChI is InChI=1S/C39H50N2O7/c1-6-8-20-40(21-9-7-2)31-13-10-29(11-14-31)36-38(42)37(39(36)43)34-18-16-32(41(34)22-23-47-26-27-48-25-24-44-3)15-12-30-28-33(45-4)17-19-35(30)46-5/h10-19,28H,6-9,20-27H2,1-5H3/p+1/b15-12+. The van der Waals surface area contributed by atoms with Crippen molar-refractivity contribution in [2.45, 2.75) is 39.5 Å². The van der Waals surface area contributed by atoms with Crippen LogP contribution in [-0.4, -0.2) is 95.2 Å². The van der Waals surface area contributed by atoms with Crippen LogP contribution in [0.15, 0.2) is 77.7 Å². The average molecular weight is 660 g/mol. The van der Waals surface area contributed by atoms with Gasteiger partial charge in [-0.25, -0.2) is 0 Å². The van der Waals surface area contributed by atoms with Gasteiger partial charge in [-0.15, -0.1) is 0 Å². The Morgan fingerprint density at radius 3 is 2.10 bits per heavy atom. The van der Waals surface area contributed by atoms with Crippen LogP contribution in [0.1, 0.15) is 50.7 Å². The molecule has 1 aliphatic carbocycles. The number of anilines is 1. The molecule has 258 valence electrons. The normalized spacial score (nSPS) is 16.0. The first-order valence-electron chi connectivity index (χ1n) is 16.9. The predicted molar refractivity (Wildman–Crippen MR) is 191 cm³/mol. The summed E-state index contributed by atoms with van der Waals surface area (Å²) in [7, 11) is 4.89. The fourth-order valence-electron chi connectivity index (χ4n) is 5.68. The molecule has 2 aromatic rings. The quantitative estimate of drug-likeness (QED) is 0.0908. The van der Waals surface area contributed by atoms with E-state index >= 15 is 0 Å². The van der Waals surface area contributed by atoms with Crippen molar-refractivity contribution in [3.05, 3.63) is 88.8 Å². The van der Waals surface area contributed by atoms with E-state index in [1.165, 1.54) is 0 Å². The Morgan fingerprint density at radius 2 is 1.48 bits per heavy atom. The maximum Gasteiger partial charge on any atom is 0.221 e. The lowest BCUT2D eigenvalue weighted by Gasteiger charge is -2.26. The summed E-state index contributed by atoms with van der Waals surface area (Å²) in [5.41, 5.74) is 4.85. The number of hydrogen-bond donors (Lipinski definition) is 1. The largest absolute Gasteiger partial charge is 0.506 e. The first-order chi connectivity index (χ1) is 23.5. The number of allylic oxidation sites excluding steroid dienone is 5. The Morgan fingerprint density at radius 1 is 0.792 bits per heavy atom. The molecule has 4 rings (SSSR count). The highest BCUT2D eigenvalue weighted by Crippen LogP contribution is 2.39. The van der Waals surface area contributed by atoms with Crippen LogP contribution in [0.2, 0.25) is 0 Å². The molecule has 48 heavy (non-hydrogen) atoms. The zero-order valence-corrected chi connectivity index (χ0v) is 29.1. The second kappa shape index (κ2) is 19.0. The molecule has 0 aromatic heterocycles. The van der Waals surface area contributed by atoms with Crippen LogP contribution in [0.5, 0.6) is 11.5 Å². The third-order valence-electron chi connectivity index (χ3n) is 8.42. The molecule has 9 heteroatoms. The minimum absolute atomic E-state index is 0.0124. The monoisotopic (exact) mass is 659 g/mol. The van der Waals surface area contributed by atoms with E-state index in [-0.39, 0.29) is 11.5 Å². The fourth-order valence-corrected chi connectivity index (χ4v) is 5.68. The lowest BCUT2D eigenvalue weighted by molar-refractivity contribution is -0.472. The topological polar surface area (TPSA) is 89.7 Å². The molecule has 1 aliphatic heterocycles. The van der Waals surface area contributed by atoms with Gasteiger partial charge in [0, 0.05) is 49.7 Å². The Kier molecular flexibility index (Phi) is 14.5. The van der Waals surface area contributed by atoms with E-state index in [1.807, 2.05) is 59.2 Å². The molecular formula is C39H51N2O7+. The number of aliphatic hydroxyl groups is 1. The number of rotatable bonds is 21. The molecule has 2 aromatic carbocycles. The summed E-state index contributed by atoms with van der Waals surface area (Å²) in [4.78, 5) is 16.1. The predicted octanol–water partition coefficient (Wildman–Crippen LogP) is 6.63. The van der Waals surface area contributed by atoms with Crippen molar-refractivity contribution in [1.29, 1.82) is 0 Å². The van der Waals surface area contributed by atoms with Crippen LogP contribution >= 0.6 is 0 Å². The molecule has 0 saturated heterocycles. The zero-order valence-electron chi connectivity index (χ0n) is 29.1. The Balaban J connectivity index is 1.60. The van der Waals surface area contributed by atoms with E-state index in [1.54, 1.807) is 21.3 Å². The molecule has 0 atom stereocenters. The lowest BCUT2D eigenvalue weighted by atomic mass is 9.82. The van der Waals surface area contributed by atoms with Gasteiger partial charge in [0.2, 0.25) is 17.2 Å². The summed E-state index contributed by atoms with van der Waals surface area (Å²) < 4.78 is 29.3. The molecular weight excluding hydrogens is 608 g/mol. The molecule has 1 N–H and O–H groups in total.